The summed E-state index contributed by atoms with van der Waals surface area (Å²) in [5.41, 5.74) is 0.805. The van der Waals surface area contributed by atoms with Gasteiger partial charge in [-0.1, -0.05) is 39.3 Å². The Labute approximate surface area is 133 Å². The highest BCUT2D eigenvalue weighted by molar-refractivity contribution is 6.31. The highest BCUT2D eigenvalue weighted by Gasteiger charge is 2.32. The first-order valence-electron chi connectivity index (χ1n) is 7.58. The fraction of sp³-hybridized carbons (Fsp3) is 0.647. The third-order valence-electron chi connectivity index (χ3n) is 3.48. The summed E-state index contributed by atoms with van der Waals surface area (Å²) < 4.78 is 19.4. The van der Waals surface area contributed by atoms with Crippen LogP contribution in [0.4, 0.5) is 4.39 Å². The number of hydrogen-bond acceptors (Lipinski definition) is 2. The molecule has 4 heteroatoms. The lowest BCUT2D eigenvalue weighted by Gasteiger charge is -2.37. The van der Waals surface area contributed by atoms with Gasteiger partial charge in [0.2, 0.25) is 0 Å². The Kier molecular flexibility index (Phi) is 7.11. The van der Waals surface area contributed by atoms with E-state index in [1.54, 1.807) is 6.07 Å². The molecule has 0 heterocycles. The second-order valence-electron chi connectivity index (χ2n) is 6.35. The zero-order valence-electron chi connectivity index (χ0n) is 13.7. The molecule has 0 saturated heterocycles. The van der Waals surface area contributed by atoms with E-state index in [4.69, 9.17) is 16.3 Å². The van der Waals surface area contributed by atoms with Crippen LogP contribution in [0, 0.1) is 11.2 Å². The van der Waals surface area contributed by atoms with Gasteiger partial charge < -0.3 is 10.1 Å². The van der Waals surface area contributed by atoms with E-state index < -0.39 is 0 Å². The van der Waals surface area contributed by atoms with Crippen molar-refractivity contribution in [3.05, 3.63) is 34.6 Å². The van der Waals surface area contributed by atoms with Crippen LogP contribution in [0.1, 0.15) is 40.2 Å². The molecule has 0 aliphatic heterocycles. The number of halogens is 2. The molecule has 2 unspecified atom stereocenters. The molecule has 120 valence electrons. The number of rotatable bonds is 7. The summed E-state index contributed by atoms with van der Waals surface area (Å²) >= 11 is 6.20. The molecule has 1 aromatic rings. The van der Waals surface area contributed by atoms with Crippen LogP contribution in [0.25, 0.3) is 0 Å². The predicted octanol–water partition coefficient (Wildman–Crippen LogP) is 4.45. The largest absolute Gasteiger partial charge is 0.376 e. The van der Waals surface area contributed by atoms with Gasteiger partial charge in [-0.2, -0.15) is 0 Å². The van der Waals surface area contributed by atoms with E-state index in [9.17, 15) is 4.39 Å². The Morgan fingerprint density at radius 3 is 2.48 bits per heavy atom. The Morgan fingerprint density at radius 1 is 1.29 bits per heavy atom. The molecule has 0 aliphatic carbocycles. The molecule has 21 heavy (non-hydrogen) atoms. The zero-order chi connectivity index (χ0) is 16.0. The van der Waals surface area contributed by atoms with E-state index in [2.05, 4.69) is 33.0 Å². The van der Waals surface area contributed by atoms with Crippen molar-refractivity contribution < 1.29 is 9.13 Å². The van der Waals surface area contributed by atoms with Gasteiger partial charge in [0.1, 0.15) is 5.82 Å². The van der Waals surface area contributed by atoms with Crippen LogP contribution in [0.3, 0.4) is 0 Å². The summed E-state index contributed by atoms with van der Waals surface area (Å²) in [6.07, 6.45) is 0.675. The highest BCUT2D eigenvalue weighted by Crippen LogP contribution is 2.28. The predicted molar refractivity (Wildman–Crippen MR) is 87.4 cm³/mol. The van der Waals surface area contributed by atoms with E-state index in [-0.39, 0.29) is 23.4 Å². The second-order valence-corrected chi connectivity index (χ2v) is 6.75. The van der Waals surface area contributed by atoms with Gasteiger partial charge in [0, 0.05) is 17.7 Å². The summed E-state index contributed by atoms with van der Waals surface area (Å²) in [5, 5.41) is 4.06. The second kappa shape index (κ2) is 8.11. The maximum absolute atomic E-state index is 13.5. The van der Waals surface area contributed by atoms with E-state index in [1.165, 1.54) is 12.1 Å². The molecule has 1 rings (SSSR count). The van der Waals surface area contributed by atoms with Gasteiger partial charge in [0.15, 0.2) is 0 Å². The lowest BCUT2D eigenvalue weighted by Crippen LogP contribution is -2.49. The zero-order valence-corrected chi connectivity index (χ0v) is 14.4. The van der Waals surface area contributed by atoms with Crippen LogP contribution in [0.2, 0.25) is 5.02 Å². The SMILES string of the molecule is CCNC(Cc1cc(F)ccc1Cl)C(OCC)C(C)(C)C. The average Bonchev–Trinajstić information content (AvgIpc) is 2.38. The quantitative estimate of drug-likeness (QED) is 0.802. The van der Waals surface area contributed by atoms with Gasteiger partial charge in [0.25, 0.3) is 0 Å². The van der Waals surface area contributed by atoms with Crippen LogP contribution in [0.15, 0.2) is 18.2 Å². The van der Waals surface area contributed by atoms with Crippen molar-refractivity contribution in [2.75, 3.05) is 13.2 Å². The minimum atomic E-state index is -0.256. The Morgan fingerprint density at radius 2 is 1.95 bits per heavy atom. The van der Waals surface area contributed by atoms with Crippen LogP contribution < -0.4 is 5.32 Å². The molecule has 0 spiro atoms. The van der Waals surface area contributed by atoms with Gasteiger partial charge >= 0.3 is 0 Å². The number of ether oxygens (including phenoxy) is 1. The molecule has 2 atom stereocenters. The van der Waals surface area contributed by atoms with Gasteiger partial charge in [0.05, 0.1) is 6.10 Å². The van der Waals surface area contributed by atoms with Crippen LogP contribution in [-0.4, -0.2) is 25.3 Å². The summed E-state index contributed by atoms with van der Waals surface area (Å²) in [6.45, 7) is 12.0. The van der Waals surface area contributed by atoms with E-state index in [1.807, 2.05) is 6.92 Å². The standard InChI is InChI=1S/C17H27ClFNO/c1-6-20-15(16(21-7-2)17(3,4)5)11-12-10-13(19)8-9-14(12)18/h8-10,15-16,20H,6-7,11H2,1-5H3. The lowest BCUT2D eigenvalue weighted by atomic mass is 9.82. The third kappa shape index (κ3) is 5.57. The number of hydrogen-bond donors (Lipinski definition) is 1. The summed E-state index contributed by atoms with van der Waals surface area (Å²) in [7, 11) is 0. The minimum Gasteiger partial charge on any atom is -0.376 e. The molecule has 0 radical (unpaired) electrons. The maximum atomic E-state index is 13.5. The van der Waals surface area contributed by atoms with Crippen molar-refractivity contribution in [1.29, 1.82) is 0 Å². The highest BCUT2D eigenvalue weighted by atomic mass is 35.5. The molecule has 1 N–H and O–H groups in total. The third-order valence-corrected chi connectivity index (χ3v) is 3.85. The molecule has 2 nitrogen and oxygen atoms in total. The maximum Gasteiger partial charge on any atom is 0.123 e. The first-order valence-corrected chi connectivity index (χ1v) is 7.96. The smallest absolute Gasteiger partial charge is 0.123 e. The molecule has 0 bridgehead atoms. The molecular formula is C17H27ClFNO. The number of benzene rings is 1. The summed E-state index contributed by atoms with van der Waals surface area (Å²) in [6, 6.07) is 4.60. The lowest BCUT2D eigenvalue weighted by molar-refractivity contribution is -0.0352. The number of likely N-dealkylation sites (N-methyl/N-ethyl adjacent to an activating group) is 1. The van der Waals surface area contributed by atoms with Crippen LogP contribution in [0.5, 0.6) is 0 Å². The normalized spacial score (nSPS) is 15.0. The first-order chi connectivity index (χ1) is 9.79. The molecule has 0 aliphatic rings. The topological polar surface area (TPSA) is 21.3 Å². The Balaban J connectivity index is 3.01. The number of nitrogens with one attached hydrogen (secondary N) is 1. The Hall–Kier alpha value is -0.640. The summed E-state index contributed by atoms with van der Waals surface area (Å²) in [4.78, 5) is 0. The molecule has 0 saturated carbocycles. The van der Waals surface area contributed by atoms with Crippen LogP contribution in [-0.2, 0) is 11.2 Å². The monoisotopic (exact) mass is 315 g/mol. The molecule has 0 amide bonds. The van der Waals surface area contributed by atoms with Crippen molar-refractivity contribution in [1.82, 2.24) is 5.32 Å². The van der Waals surface area contributed by atoms with Gasteiger partial charge in [-0.25, -0.2) is 4.39 Å². The van der Waals surface area contributed by atoms with Crippen molar-refractivity contribution in [2.45, 2.75) is 53.2 Å². The molecular weight excluding hydrogens is 289 g/mol. The van der Waals surface area contributed by atoms with Crippen LogP contribution >= 0.6 is 11.6 Å². The fourth-order valence-corrected chi connectivity index (χ4v) is 2.83. The van der Waals surface area contributed by atoms with Crippen molar-refractivity contribution in [3.63, 3.8) is 0 Å². The van der Waals surface area contributed by atoms with Crippen molar-refractivity contribution in [2.24, 2.45) is 5.41 Å². The minimum absolute atomic E-state index is 0.0113. The average molecular weight is 316 g/mol. The van der Waals surface area contributed by atoms with E-state index in [0.29, 0.717) is 18.1 Å². The fourth-order valence-electron chi connectivity index (χ4n) is 2.63. The van der Waals surface area contributed by atoms with Crippen molar-refractivity contribution in [3.8, 4) is 0 Å². The van der Waals surface area contributed by atoms with E-state index in [0.717, 1.165) is 12.1 Å². The first kappa shape index (κ1) is 18.4. The summed E-state index contributed by atoms with van der Waals surface area (Å²) in [5.74, 6) is -0.256. The van der Waals surface area contributed by atoms with Gasteiger partial charge in [-0.3, -0.25) is 0 Å². The molecule has 1 aromatic carbocycles. The van der Waals surface area contributed by atoms with Gasteiger partial charge in [-0.05, 0) is 49.1 Å². The van der Waals surface area contributed by atoms with Gasteiger partial charge in [-0.15, -0.1) is 0 Å². The molecule has 0 aromatic heterocycles. The molecule has 0 fully saturated rings. The van der Waals surface area contributed by atoms with Crippen molar-refractivity contribution >= 4 is 11.6 Å². The Bertz CT molecular complexity index is 445. The van der Waals surface area contributed by atoms with E-state index >= 15 is 0 Å².